The van der Waals surface area contributed by atoms with Crippen molar-refractivity contribution >= 4 is 27.5 Å². The molecule has 0 saturated carbocycles. The molecule has 126 valence electrons. The second kappa shape index (κ2) is 7.07. The van der Waals surface area contributed by atoms with Crippen LogP contribution in [-0.4, -0.2) is 20.0 Å². The Labute approximate surface area is 154 Å². The van der Waals surface area contributed by atoms with E-state index in [1.165, 1.54) is 0 Å². The smallest absolute Gasteiger partial charge is 0.221 e. The van der Waals surface area contributed by atoms with Crippen LogP contribution < -0.4 is 0 Å². The molecule has 0 N–H and O–H groups in total. The van der Waals surface area contributed by atoms with Crippen molar-refractivity contribution in [3.05, 3.63) is 62.5 Å². The summed E-state index contributed by atoms with van der Waals surface area (Å²) < 4.78 is 8.83. The zero-order chi connectivity index (χ0) is 17.3. The van der Waals surface area contributed by atoms with Gasteiger partial charge in [0.1, 0.15) is 0 Å². The Bertz CT molecular complexity index is 841. The molecular weight excluding hydrogens is 392 g/mol. The normalized spacial score (nSPS) is 12.5. The van der Waals surface area contributed by atoms with Crippen LogP contribution in [0.25, 0.3) is 0 Å². The molecule has 0 amide bonds. The summed E-state index contributed by atoms with van der Waals surface area (Å²) in [4.78, 5) is 0. The number of hydrogen-bond acceptors (Lipinski definition) is 4. The lowest BCUT2D eigenvalue weighted by atomic mass is 10.1. The van der Waals surface area contributed by atoms with Crippen LogP contribution in [0.3, 0.4) is 0 Å². The predicted octanol–water partition coefficient (Wildman–Crippen LogP) is 4.69. The van der Waals surface area contributed by atoms with E-state index >= 15 is 0 Å². The van der Waals surface area contributed by atoms with Crippen molar-refractivity contribution in [3.8, 4) is 0 Å². The van der Waals surface area contributed by atoms with Crippen LogP contribution in [-0.2, 0) is 13.0 Å². The largest absolute Gasteiger partial charge is 0.425 e. The molecule has 1 atom stereocenters. The summed E-state index contributed by atoms with van der Waals surface area (Å²) >= 11 is 9.45. The Morgan fingerprint density at radius 1 is 1.21 bits per heavy atom. The van der Waals surface area contributed by atoms with Crippen molar-refractivity contribution in [2.75, 3.05) is 0 Å². The van der Waals surface area contributed by atoms with E-state index in [0.717, 1.165) is 26.4 Å². The maximum absolute atomic E-state index is 5.90. The first-order valence-corrected chi connectivity index (χ1v) is 8.87. The molecule has 5 nitrogen and oxygen atoms in total. The highest BCUT2D eigenvalue weighted by Crippen LogP contribution is 2.23. The summed E-state index contributed by atoms with van der Waals surface area (Å²) in [6, 6.07) is 7.64. The van der Waals surface area contributed by atoms with Crippen LogP contribution in [0.5, 0.6) is 0 Å². The van der Waals surface area contributed by atoms with Crippen LogP contribution >= 0.6 is 27.5 Å². The summed E-state index contributed by atoms with van der Waals surface area (Å²) in [5.74, 6) is 1.32. The van der Waals surface area contributed by atoms with Gasteiger partial charge >= 0.3 is 0 Å². The van der Waals surface area contributed by atoms with Crippen molar-refractivity contribution < 1.29 is 4.42 Å². The fourth-order valence-electron chi connectivity index (χ4n) is 2.50. The van der Waals surface area contributed by atoms with Crippen LogP contribution in [0.2, 0.25) is 5.02 Å². The average molecular weight is 410 g/mol. The molecule has 3 aromatic rings. The third kappa shape index (κ3) is 3.70. The summed E-state index contributed by atoms with van der Waals surface area (Å²) in [6.07, 6.45) is 0.600. The van der Waals surface area contributed by atoms with E-state index in [1.807, 2.05) is 42.8 Å². The SMILES string of the molecule is Cc1nn(CC(C)c2nnc(Cc3ccc(Cl)cc3)o2)c(C)c1Br. The van der Waals surface area contributed by atoms with Crippen molar-refractivity contribution in [3.63, 3.8) is 0 Å². The monoisotopic (exact) mass is 408 g/mol. The van der Waals surface area contributed by atoms with Gasteiger partial charge in [0, 0.05) is 10.7 Å². The van der Waals surface area contributed by atoms with E-state index in [4.69, 9.17) is 16.0 Å². The topological polar surface area (TPSA) is 56.7 Å². The van der Waals surface area contributed by atoms with Gasteiger partial charge in [-0.15, -0.1) is 10.2 Å². The van der Waals surface area contributed by atoms with Crippen LogP contribution in [0.1, 0.15) is 41.6 Å². The van der Waals surface area contributed by atoms with E-state index in [0.29, 0.717) is 24.7 Å². The molecule has 0 bridgehead atoms. The van der Waals surface area contributed by atoms with Crippen molar-refractivity contribution in [2.24, 2.45) is 0 Å². The second-order valence-electron chi connectivity index (χ2n) is 5.91. The maximum atomic E-state index is 5.90. The molecule has 0 fully saturated rings. The summed E-state index contributed by atoms with van der Waals surface area (Å²) in [6.45, 7) is 6.77. The highest BCUT2D eigenvalue weighted by molar-refractivity contribution is 9.10. The molecule has 0 aliphatic carbocycles. The molecular formula is C17H18BrClN4O. The van der Waals surface area contributed by atoms with Gasteiger partial charge in [0.05, 0.1) is 29.1 Å². The van der Waals surface area contributed by atoms with Gasteiger partial charge in [-0.25, -0.2) is 0 Å². The number of benzene rings is 1. The number of halogens is 2. The quantitative estimate of drug-likeness (QED) is 0.613. The molecule has 2 aromatic heterocycles. The van der Waals surface area contributed by atoms with Gasteiger partial charge < -0.3 is 4.42 Å². The zero-order valence-electron chi connectivity index (χ0n) is 13.8. The molecule has 1 unspecified atom stereocenters. The molecule has 3 rings (SSSR count). The first kappa shape index (κ1) is 17.2. The first-order chi connectivity index (χ1) is 11.4. The minimum Gasteiger partial charge on any atom is -0.425 e. The van der Waals surface area contributed by atoms with E-state index in [2.05, 4.69) is 38.1 Å². The van der Waals surface area contributed by atoms with E-state index < -0.39 is 0 Å². The minimum absolute atomic E-state index is 0.0846. The lowest BCUT2D eigenvalue weighted by Crippen LogP contribution is -2.09. The lowest BCUT2D eigenvalue weighted by Gasteiger charge is -2.08. The van der Waals surface area contributed by atoms with Crippen molar-refractivity contribution in [1.82, 2.24) is 20.0 Å². The average Bonchev–Trinajstić information content (AvgIpc) is 3.11. The van der Waals surface area contributed by atoms with E-state index in [9.17, 15) is 0 Å². The third-order valence-electron chi connectivity index (χ3n) is 3.91. The van der Waals surface area contributed by atoms with Gasteiger partial charge in [0.25, 0.3) is 0 Å². The summed E-state index contributed by atoms with van der Waals surface area (Å²) in [5, 5.41) is 13.6. The number of aromatic nitrogens is 4. The molecule has 0 aliphatic rings. The molecule has 0 radical (unpaired) electrons. The molecule has 7 heteroatoms. The standard InChI is InChI=1S/C17H18BrClN4O/c1-10(9-23-12(3)16(18)11(2)22-23)17-21-20-15(24-17)8-13-4-6-14(19)7-5-13/h4-7,10H,8-9H2,1-3H3. The van der Waals surface area contributed by atoms with Gasteiger partial charge in [-0.3, -0.25) is 4.68 Å². The summed E-state index contributed by atoms with van der Waals surface area (Å²) in [7, 11) is 0. The highest BCUT2D eigenvalue weighted by atomic mass is 79.9. The third-order valence-corrected chi connectivity index (χ3v) is 5.31. The van der Waals surface area contributed by atoms with Gasteiger partial charge in [0.15, 0.2) is 0 Å². The molecule has 0 aliphatic heterocycles. The molecule has 0 saturated heterocycles. The number of aryl methyl sites for hydroxylation is 1. The van der Waals surface area contributed by atoms with Crippen LogP contribution in [0.15, 0.2) is 33.2 Å². The fourth-order valence-corrected chi connectivity index (χ4v) is 2.91. The Morgan fingerprint density at radius 2 is 1.92 bits per heavy atom. The summed E-state index contributed by atoms with van der Waals surface area (Å²) in [5.41, 5.74) is 3.17. The van der Waals surface area contributed by atoms with Crippen LogP contribution in [0.4, 0.5) is 0 Å². The van der Waals surface area contributed by atoms with Gasteiger partial charge in [-0.05, 0) is 47.5 Å². The highest BCUT2D eigenvalue weighted by Gasteiger charge is 2.18. The van der Waals surface area contributed by atoms with E-state index in [-0.39, 0.29) is 5.92 Å². The number of nitrogens with zero attached hydrogens (tertiary/aromatic N) is 4. The lowest BCUT2D eigenvalue weighted by molar-refractivity contribution is 0.396. The van der Waals surface area contributed by atoms with Crippen molar-refractivity contribution in [2.45, 2.75) is 39.7 Å². The maximum Gasteiger partial charge on any atom is 0.221 e. The van der Waals surface area contributed by atoms with E-state index in [1.54, 1.807) is 0 Å². The molecule has 0 spiro atoms. The minimum atomic E-state index is 0.0846. The van der Waals surface area contributed by atoms with Crippen LogP contribution in [0, 0.1) is 13.8 Å². The van der Waals surface area contributed by atoms with Gasteiger partial charge in [0.2, 0.25) is 11.8 Å². The second-order valence-corrected chi connectivity index (χ2v) is 7.13. The van der Waals surface area contributed by atoms with Gasteiger partial charge in [-0.1, -0.05) is 30.7 Å². The van der Waals surface area contributed by atoms with Gasteiger partial charge in [-0.2, -0.15) is 5.10 Å². The number of hydrogen-bond donors (Lipinski definition) is 0. The zero-order valence-corrected chi connectivity index (χ0v) is 16.1. The molecule has 24 heavy (non-hydrogen) atoms. The molecule has 1 aromatic carbocycles. The predicted molar refractivity (Wildman–Crippen MR) is 96.4 cm³/mol. The van der Waals surface area contributed by atoms with Crippen molar-refractivity contribution in [1.29, 1.82) is 0 Å². The molecule has 2 heterocycles. The Hall–Kier alpha value is -1.66. The Kier molecular flexibility index (Phi) is 5.06. The first-order valence-electron chi connectivity index (χ1n) is 7.70. The fraction of sp³-hybridized carbons (Fsp3) is 0.353. The Balaban J connectivity index is 1.70. The Morgan fingerprint density at radius 3 is 2.54 bits per heavy atom. The number of rotatable bonds is 5.